The molecule has 6 rings (SSSR count). The molecule has 0 saturated carbocycles. The molecule has 44 heavy (non-hydrogen) atoms. The molecule has 6 aromatic carbocycles. The SMILES string of the molecule is CN(C)Cc1c2ccccc2cc2ccccc12.CN(C)Cc1c2ccccc2cc2ccccc12.O=C(O)CCC(=O)O. The van der Waals surface area contributed by atoms with Gasteiger partial charge in [-0.2, -0.15) is 0 Å². The third-order valence-electron chi connectivity index (χ3n) is 7.27. The van der Waals surface area contributed by atoms with Gasteiger partial charge in [0.1, 0.15) is 0 Å². The van der Waals surface area contributed by atoms with E-state index < -0.39 is 11.9 Å². The average molecular weight is 589 g/mol. The van der Waals surface area contributed by atoms with Crippen LogP contribution in [0.2, 0.25) is 0 Å². The Morgan fingerprint density at radius 3 is 0.955 bits per heavy atom. The van der Waals surface area contributed by atoms with E-state index in [4.69, 9.17) is 10.2 Å². The summed E-state index contributed by atoms with van der Waals surface area (Å²) in [5.74, 6) is -2.15. The summed E-state index contributed by atoms with van der Waals surface area (Å²) >= 11 is 0. The van der Waals surface area contributed by atoms with E-state index in [-0.39, 0.29) is 12.8 Å². The van der Waals surface area contributed by atoms with Crippen molar-refractivity contribution in [3.8, 4) is 0 Å². The molecule has 0 aliphatic rings. The second kappa shape index (κ2) is 15.1. The minimum Gasteiger partial charge on any atom is -0.481 e. The summed E-state index contributed by atoms with van der Waals surface area (Å²) in [5.41, 5.74) is 2.85. The first-order chi connectivity index (χ1) is 21.1. The molecule has 0 aliphatic heterocycles. The summed E-state index contributed by atoms with van der Waals surface area (Å²) < 4.78 is 0. The Morgan fingerprint density at radius 1 is 0.477 bits per heavy atom. The van der Waals surface area contributed by atoms with E-state index >= 15 is 0 Å². The summed E-state index contributed by atoms with van der Waals surface area (Å²) in [6.07, 6.45) is -0.593. The summed E-state index contributed by atoms with van der Waals surface area (Å²) in [6, 6.07) is 39.2. The second-order valence-electron chi connectivity index (χ2n) is 11.4. The number of aliphatic carboxylic acids is 2. The molecule has 0 saturated heterocycles. The van der Waals surface area contributed by atoms with Crippen molar-refractivity contribution >= 4 is 55.0 Å². The van der Waals surface area contributed by atoms with E-state index in [0.29, 0.717) is 0 Å². The van der Waals surface area contributed by atoms with Gasteiger partial charge < -0.3 is 20.0 Å². The molecule has 0 spiro atoms. The van der Waals surface area contributed by atoms with Gasteiger partial charge in [0.15, 0.2) is 0 Å². The Balaban J connectivity index is 0.000000163. The third kappa shape index (κ3) is 8.40. The fraction of sp³-hybridized carbons (Fsp3) is 0.211. The summed E-state index contributed by atoms with van der Waals surface area (Å²) in [7, 11) is 8.49. The van der Waals surface area contributed by atoms with Crippen molar-refractivity contribution in [2.45, 2.75) is 25.9 Å². The molecular weight excluding hydrogens is 548 g/mol. The number of carboxylic acid groups (broad SMARTS) is 2. The van der Waals surface area contributed by atoms with Crippen LogP contribution >= 0.6 is 0 Å². The fourth-order valence-electron chi connectivity index (χ4n) is 5.40. The van der Waals surface area contributed by atoms with Gasteiger partial charge >= 0.3 is 11.9 Å². The zero-order chi connectivity index (χ0) is 31.6. The maximum absolute atomic E-state index is 9.64. The molecule has 2 N–H and O–H groups in total. The molecule has 0 fully saturated rings. The maximum atomic E-state index is 9.64. The Bertz CT molecular complexity index is 1650. The van der Waals surface area contributed by atoms with Crippen LogP contribution in [0.3, 0.4) is 0 Å². The maximum Gasteiger partial charge on any atom is 0.303 e. The molecule has 0 aliphatic carbocycles. The lowest BCUT2D eigenvalue weighted by atomic mass is 9.96. The van der Waals surface area contributed by atoms with Gasteiger partial charge in [-0.15, -0.1) is 0 Å². The topological polar surface area (TPSA) is 81.1 Å². The Labute approximate surface area is 258 Å². The van der Waals surface area contributed by atoms with Crippen molar-refractivity contribution in [1.29, 1.82) is 0 Å². The predicted octanol–water partition coefficient (Wildman–Crippen LogP) is 8.05. The number of rotatable bonds is 7. The van der Waals surface area contributed by atoms with Gasteiger partial charge in [-0.25, -0.2) is 0 Å². The highest BCUT2D eigenvalue weighted by Crippen LogP contribution is 2.30. The van der Waals surface area contributed by atoms with Crippen LogP contribution in [-0.4, -0.2) is 60.1 Å². The highest BCUT2D eigenvalue weighted by molar-refractivity contribution is 6.03. The standard InChI is InChI=1S/2C17H17N.C4H6O4/c2*1-18(2)12-17-15-9-5-3-7-13(15)11-14-8-4-6-10-16(14)17;5-3(6)1-2-4(7)8/h2*3-11H,12H2,1-2H3;1-2H2,(H,5,6)(H,7,8). The molecule has 0 unspecified atom stereocenters. The monoisotopic (exact) mass is 588 g/mol. The van der Waals surface area contributed by atoms with Gasteiger partial charge in [0.2, 0.25) is 0 Å². The lowest BCUT2D eigenvalue weighted by molar-refractivity contribution is -0.143. The quantitative estimate of drug-likeness (QED) is 0.184. The number of hydrogen-bond donors (Lipinski definition) is 2. The molecule has 0 bridgehead atoms. The lowest BCUT2D eigenvalue weighted by Gasteiger charge is -2.15. The third-order valence-corrected chi connectivity index (χ3v) is 7.27. The summed E-state index contributed by atoms with van der Waals surface area (Å²) in [5, 5.41) is 26.6. The highest BCUT2D eigenvalue weighted by atomic mass is 16.4. The van der Waals surface area contributed by atoms with Gasteiger partial charge in [0.05, 0.1) is 12.8 Å². The van der Waals surface area contributed by atoms with Crippen LogP contribution in [0.25, 0.3) is 43.1 Å². The smallest absolute Gasteiger partial charge is 0.303 e. The molecule has 0 amide bonds. The van der Waals surface area contributed by atoms with Crippen molar-refractivity contribution in [3.63, 3.8) is 0 Å². The molecule has 6 heteroatoms. The molecule has 226 valence electrons. The van der Waals surface area contributed by atoms with Crippen molar-refractivity contribution in [3.05, 3.63) is 120 Å². The van der Waals surface area contributed by atoms with Gasteiger partial charge in [0.25, 0.3) is 0 Å². The van der Waals surface area contributed by atoms with Crippen LogP contribution in [-0.2, 0) is 22.7 Å². The molecule has 0 aromatic heterocycles. The molecule has 6 nitrogen and oxygen atoms in total. The van der Waals surface area contributed by atoms with Crippen LogP contribution in [0.15, 0.2) is 109 Å². The van der Waals surface area contributed by atoms with Gasteiger partial charge in [-0.05, 0) is 94.5 Å². The highest BCUT2D eigenvalue weighted by Gasteiger charge is 2.09. The number of hydrogen-bond acceptors (Lipinski definition) is 4. The first kappa shape index (κ1) is 32.1. The predicted molar refractivity (Wildman–Crippen MR) is 182 cm³/mol. The van der Waals surface area contributed by atoms with Crippen LogP contribution in [0.5, 0.6) is 0 Å². The normalized spacial score (nSPS) is 11.0. The Morgan fingerprint density at radius 2 is 0.727 bits per heavy atom. The van der Waals surface area contributed by atoms with Crippen LogP contribution in [0, 0.1) is 0 Å². The van der Waals surface area contributed by atoms with Gasteiger partial charge in [-0.3, -0.25) is 9.59 Å². The first-order valence-electron chi connectivity index (χ1n) is 14.7. The van der Waals surface area contributed by atoms with E-state index in [0.717, 1.165) is 13.1 Å². The number of benzene rings is 6. The molecule has 0 atom stereocenters. The van der Waals surface area contributed by atoms with Crippen molar-refractivity contribution in [1.82, 2.24) is 9.80 Å². The number of carboxylic acids is 2. The zero-order valence-electron chi connectivity index (χ0n) is 25.8. The van der Waals surface area contributed by atoms with Crippen molar-refractivity contribution in [2.75, 3.05) is 28.2 Å². The van der Waals surface area contributed by atoms with E-state index in [1.807, 2.05) is 0 Å². The first-order valence-corrected chi connectivity index (χ1v) is 14.7. The van der Waals surface area contributed by atoms with Gasteiger partial charge in [-0.1, -0.05) is 97.1 Å². The second-order valence-corrected chi connectivity index (χ2v) is 11.4. The molecule has 0 heterocycles. The van der Waals surface area contributed by atoms with E-state index in [9.17, 15) is 9.59 Å². The van der Waals surface area contributed by atoms with Crippen molar-refractivity contribution < 1.29 is 19.8 Å². The minimum atomic E-state index is -1.08. The lowest BCUT2D eigenvalue weighted by Crippen LogP contribution is -2.11. The largest absolute Gasteiger partial charge is 0.481 e. The Kier molecular flexibility index (Phi) is 11.0. The van der Waals surface area contributed by atoms with Gasteiger partial charge in [0, 0.05) is 13.1 Å². The van der Waals surface area contributed by atoms with Crippen LogP contribution in [0.4, 0.5) is 0 Å². The number of carbonyl (C=O) groups is 2. The van der Waals surface area contributed by atoms with Crippen LogP contribution in [0.1, 0.15) is 24.0 Å². The summed E-state index contributed by atoms with van der Waals surface area (Å²) in [4.78, 5) is 23.7. The zero-order valence-corrected chi connectivity index (χ0v) is 25.8. The number of nitrogens with zero attached hydrogens (tertiary/aromatic N) is 2. The number of fused-ring (bicyclic) bond motifs is 4. The van der Waals surface area contributed by atoms with E-state index in [1.54, 1.807) is 0 Å². The molecule has 0 radical (unpaired) electrons. The van der Waals surface area contributed by atoms with E-state index in [1.165, 1.54) is 54.2 Å². The van der Waals surface area contributed by atoms with Crippen molar-refractivity contribution in [2.24, 2.45) is 0 Å². The average Bonchev–Trinajstić information content (AvgIpc) is 3.00. The summed E-state index contributed by atoms with van der Waals surface area (Å²) in [6.45, 7) is 1.95. The fourth-order valence-corrected chi connectivity index (χ4v) is 5.40. The molecular formula is C38H40N2O4. The molecule has 6 aromatic rings. The van der Waals surface area contributed by atoms with Crippen LogP contribution < -0.4 is 0 Å². The van der Waals surface area contributed by atoms with E-state index in [2.05, 4.69) is 147 Å². The Hall–Kier alpha value is -4.78. The minimum absolute atomic E-state index is 0.296.